The topological polar surface area (TPSA) is 37.8 Å². The highest BCUT2D eigenvalue weighted by Crippen LogP contribution is 2.45. The van der Waals surface area contributed by atoms with Gasteiger partial charge >= 0.3 is 0 Å². The van der Waals surface area contributed by atoms with Gasteiger partial charge in [0, 0.05) is 11.4 Å². The summed E-state index contributed by atoms with van der Waals surface area (Å²) >= 11 is 7.21. The highest BCUT2D eigenvalue weighted by atomic mass is 32.1. The molecule has 0 atom stereocenters. The molecule has 2 aromatic heterocycles. The van der Waals surface area contributed by atoms with Crippen molar-refractivity contribution in [1.29, 1.82) is 0 Å². The zero-order valence-electron chi connectivity index (χ0n) is 12.3. The average Bonchev–Trinajstić information content (AvgIpc) is 2.97. The van der Waals surface area contributed by atoms with Gasteiger partial charge in [0.15, 0.2) is 4.77 Å². The van der Waals surface area contributed by atoms with Crippen molar-refractivity contribution in [1.82, 2.24) is 9.55 Å². The lowest BCUT2D eigenvalue weighted by atomic mass is 9.67. The number of hydrogen-bond donors (Lipinski definition) is 1. The van der Waals surface area contributed by atoms with Crippen molar-refractivity contribution in [3.63, 3.8) is 0 Å². The molecule has 112 valence electrons. The number of aromatic nitrogens is 2. The van der Waals surface area contributed by atoms with E-state index in [0.717, 1.165) is 36.0 Å². The zero-order chi connectivity index (χ0) is 14.6. The van der Waals surface area contributed by atoms with Gasteiger partial charge in [0.1, 0.15) is 4.83 Å². The first-order valence-electron chi connectivity index (χ1n) is 7.91. The van der Waals surface area contributed by atoms with Crippen LogP contribution in [-0.4, -0.2) is 9.55 Å². The van der Waals surface area contributed by atoms with E-state index in [2.05, 4.69) is 11.9 Å². The molecule has 0 bridgehead atoms. The molecule has 1 saturated carbocycles. The summed E-state index contributed by atoms with van der Waals surface area (Å²) in [5, 5.41) is 0.923. The second-order valence-electron chi connectivity index (χ2n) is 6.59. The van der Waals surface area contributed by atoms with Crippen LogP contribution in [0.15, 0.2) is 4.79 Å². The van der Waals surface area contributed by atoms with Crippen LogP contribution in [0.2, 0.25) is 0 Å². The molecule has 2 aliphatic rings. The predicted octanol–water partition coefficient (Wildman–Crippen LogP) is 4.19. The lowest BCUT2D eigenvalue weighted by molar-refractivity contribution is 0.0980. The maximum Gasteiger partial charge on any atom is 0.263 e. The minimum Gasteiger partial charge on any atom is -0.323 e. The SMILES string of the molecule is CCC1(Cn2c(=S)[nH]c3sc4c(c3c2=O)CCC4)CCC1. The molecule has 2 heterocycles. The van der Waals surface area contributed by atoms with E-state index in [0.29, 0.717) is 10.2 Å². The maximum atomic E-state index is 13.0. The van der Waals surface area contributed by atoms with Crippen molar-refractivity contribution in [2.24, 2.45) is 5.41 Å². The average molecular weight is 320 g/mol. The van der Waals surface area contributed by atoms with Crippen LogP contribution in [0.25, 0.3) is 10.2 Å². The van der Waals surface area contributed by atoms with E-state index in [4.69, 9.17) is 12.2 Å². The summed E-state index contributed by atoms with van der Waals surface area (Å²) in [6.45, 7) is 3.02. The van der Waals surface area contributed by atoms with E-state index in [9.17, 15) is 4.79 Å². The molecule has 0 aromatic carbocycles. The maximum absolute atomic E-state index is 13.0. The fraction of sp³-hybridized carbons (Fsp3) is 0.625. The molecule has 21 heavy (non-hydrogen) atoms. The van der Waals surface area contributed by atoms with E-state index in [1.165, 1.54) is 36.1 Å². The molecular weight excluding hydrogens is 300 g/mol. The molecule has 0 radical (unpaired) electrons. The van der Waals surface area contributed by atoms with Gasteiger partial charge in [0.2, 0.25) is 0 Å². The Bertz CT molecular complexity index is 818. The second kappa shape index (κ2) is 4.78. The molecule has 0 aliphatic heterocycles. The molecule has 3 nitrogen and oxygen atoms in total. The van der Waals surface area contributed by atoms with Crippen molar-refractivity contribution in [2.45, 2.75) is 58.4 Å². The number of aryl methyl sites for hydroxylation is 2. The van der Waals surface area contributed by atoms with Gasteiger partial charge in [-0.1, -0.05) is 13.3 Å². The molecule has 1 fully saturated rings. The Morgan fingerprint density at radius 1 is 1.33 bits per heavy atom. The molecule has 0 amide bonds. The minimum atomic E-state index is 0.146. The van der Waals surface area contributed by atoms with E-state index in [1.54, 1.807) is 11.3 Å². The molecule has 2 aliphatic carbocycles. The Morgan fingerprint density at radius 2 is 2.14 bits per heavy atom. The number of H-pyrrole nitrogens is 1. The van der Waals surface area contributed by atoms with Crippen molar-refractivity contribution in [2.75, 3.05) is 0 Å². The van der Waals surface area contributed by atoms with Crippen LogP contribution < -0.4 is 5.56 Å². The molecule has 1 N–H and O–H groups in total. The van der Waals surface area contributed by atoms with Gasteiger partial charge in [-0.05, 0) is 61.7 Å². The second-order valence-corrected chi connectivity index (χ2v) is 8.08. The van der Waals surface area contributed by atoms with Gasteiger partial charge in [-0.25, -0.2) is 0 Å². The summed E-state index contributed by atoms with van der Waals surface area (Å²) in [7, 11) is 0. The number of thiophene rings is 1. The van der Waals surface area contributed by atoms with Crippen LogP contribution >= 0.6 is 23.6 Å². The van der Waals surface area contributed by atoms with E-state index >= 15 is 0 Å². The number of fused-ring (bicyclic) bond motifs is 3. The Labute approximate surface area is 133 Å². The fourth-order valence-corrected chi connectivity index (χ4v) is 5.48. The Hall–Kier alpha value is -0.940. The lowest BCUT2D eigenvalue weighted by Gasteiger charge is -2.41. The monoisotopic (exact) mass is 320 g/mol. The smallest absolute Gasteiger partial charge is 0.263 e. The summed E-state index contributed by atoms with van der Waals surface area (Å²) < 4.78 is 2.44. The quantitative estimate of drug-likeness (QED) is 0.861. The van der Waals surface area contributed by atoms with Crippen LogP contribution in [-0.2, 0) is 19.4 Å². The molecule has 0 spiro atoms. The number of aromatic amines is 1. The first-order chi connectivity index (χ1) is 10.1. The third-order valence-corrected chi connectivity index (χ3v) is 7.03. The summed E-state index contributed by atoms with van der Waals surface area (Å²) in [5.41, 5.74) is 1.74. The van der Waals surface area contributed by atoms with Crippen LogP contribution in [0.5, 0.6) is 0 Å². The number of hydrogen-bond acceptors (Lipinski definition) is 3. The van der Waals surface area contributed by atoms with Gasteiger partial charge in [0.25, 0.3) is 5.56 Å². The third-order valence-electron chi connectivity index (χ3n) is 5.50. The fourth-order valence-electron chi connectivity index (χ4n) is 3.89. The van der Waals surface area contributed by atoms with Gasteiger partial charge in [0.05, 0.1) is 5.39 Å². The van der Waals surface area contributed by atoms with Gasteiger partial charge < -0.3 is 4.98 Å². The first-order valence-corrected chi connectivity index (χ1v) is 9.13. The first kappa shape index (κ1) is 13.7. The number of nitrogens with one attached hydrogen (secondary N) is 1. The molecule has 2 aromatic rings. The molecule has 4 rings (SSSR count). The van der Waals surface area contributed by atoms with Gasteiger partial charge in [-0.15, -0.1) is 11.3 Å². The zero-order valence-corrected chi connectivity index (χ0v) is 14.0. The van der Waals surface area contributed by atoms with Crippen LogP contribution in [0.1, 0.15) is 49.5 Å². The van der Waals surface area contributed by atoms with E-state index in [-0.39, 0.29) is 5.56 Å². The van der Waals surface area contributed by atoms with Crippen molar-refractivity contribution < 1.29 is 0 Å². The molecule has 0 unspecified atom stereocenters. The number of rotatable bonds is 3. The Morgan fingerprint density at radius 3 is 2.81 bits per heavy atom. The lowest BCUT2D eigenvalue weighted by Crippen LogP contribution is -2.37. The molecular formula is C16H20N2OS2. The highest BCUT2D eigenvalue weighted by Gasteiger charge is 2.36. The normalized spacial score (nSPS) is 19.7. The summed E-state index contributed by atoms with van der Waals surface area (Å²) in [6.07, 6.45) is 8.23. The molecule has 0 saturated heterocycles. The van der Waals surface area contributed by atoms with Gasteiger partial charge in [-0.2, -0.15) is 0 Å². The summed E-state index contributed by atoms with van der Waals surface area (Å²) in [5.74, 6) is 0. The van der Waals surface area contributed by atoms with Crippen LogP contribution in [0.3, 0.4) is 0 Å². The van der Waals surface area contributed by atoms with Crippen LogP contribution in [0.4, 0.5) is 0 Å². The summed E-state index contributed by atoms with van der Waals surface area (Å²) in [6, 6.07) is 0. The van der Waals surface area contributed by atoms with Crippen molar-refractivity contribution in [3.8, 4) is 0 Å². The third kappa shape index (κ3) is 1.97. The van der Waals surface area contributed by atoms with Crippen LogP contribution in [0, 0.1) is 10.2 Å². The molecule has 5 heteroatoms. The summed E-state index contributed by atoms with van der Waals surface area (Å²) in [4.78, 5) is 18.7. The Balaban J connectivity index is 1.89. The Kier molecular flexibility index (Phi) is 3.12. The predicted molar refractivity (Wildman–Crippen MR) is 89.9 cm³/mol. The minimum absolute atomic E-state index is 0.146. The van der Waals surface area contributed by atoms with E-state index in [1.807, 2.05) is 4.57 Å². The largest absolute Gasteiger partial charge is 0.323 e. The van der Waals surface area contributed by atoms with Crippen molar-refractivity contribution in [3.05, 3.63) is 25.6 Å². The number of nitrogens with zero attached hydrogens (tertiary/aromatic N) is 1. The highest BCUT2D eigenvalue weighted by molar-refractivity contribution is 7.71. The van der Waals surface area contributed by atoms with Gasteiger partial charge in [-0.3, -0.25) is 9.36 Å². The van der Waals surface area contributed by atoms with E-state index < -0.39 is 0 Å². The standard InChI is InChI=1S/C16H20N2OS2/c1-2-16(7-4-8-16)9-18-14(19)12-10-5-3-6-11(10)21-13(12)17-15(18)20/h2-9H2,1H3,(H,17,20). The van der Waals surface area contributed by atoms with Crippen molar-refractivity contribution >= 4 is 33.8 Å².